The number of nitrogens with one attached hydrogen (secondary N) is 1. The summed E-state index contributed by atoms with van der Waals surface area (Å²) in [5.74, 6) is 0.165. The number of anilines is 3. The van der Waals surface area contributed by atoms with Gasteiger partial charge in [-0.25, -0.2) is 18.7 Å². The lowest BCUT2D eigenvalue weighted by atomic mass is 10.2. The van der Waals surface area contributed by atoms with Gasteiger partial charge in [-0.2, -0.15) is 0 Å². The Morgan fingerprint density at radius 2 is 2.00 bits per heavy atom. The summed E-state index contributed by atoms with van der Waals surface area (Å²) in [6.45, 7) is 3.60. The van der Waals surface area contributed by atoms with Crippen LogP contribution in [0.25, 0.3) is 0 Å². The molecule has 0 saturated heterocycles. The van der Waals surface area contributed by atoms with E-state index in [0.717, 1.165) is 18.2 Å². The summed E-state index contributed by atoms with van der Waals surface area (Å²) in [6, 6.07) is 3.18. The van der Waals surface area contributed by atoms with Crippen molar-refractivity contribution < 1.29 is 8.78 Å². The van der Waals surface area contributed by atoms with Crippen molar-refractivity contribution in [3.63, 3.8) is 0 Å². The summed E-state index contributed by atoms with van der Waals surface area (Å²) in [5.41, 5.74) is 6.37. The zero-order chi connectivity index (χ0) is 14.0. The maximum atomic E-state index is 13.6. The number of benzene rings is 1. The van der Waals surface area contributed by atoms with Crippen molar-refractivity contribution in [3.8, 4) is 0 Å². The van der Waals surface area contributed by atoms with Gasteiger partial charge in [-0.3, -0.25) is 0 Å². The molecule has 100 valence electrons. The zero-order valence-electron chi connectivity index (χ0n) is 10.7. The standard InChI is InChI=1S/C13H14F2N4/c1-3-11-18-12(16)7(2)13(19-11)17-10-6-8(14)4-5-9(10)15/h4-6H,3H2,1-2H3,(H3,16,17,18,19). The van der Waals surface area contributed by atoms with Gasteiger partial charge in [0.25, 0.3) is 0 Å². The van der Waals surface area contributed by atoms with Gasteiger partial charge in [0, 0.05) is 18.1 Å². The van der Waals surface area contributed by atoms with Crippen LogP contribution in [0.5, 0.6) is 0 Å². The lowest BCUT2D eigenvalue weighted by Crippen LogP contribution is -2.07. The van der Waals surface area contributed by atoms with Crippen LogP contribution < -0.4 is 11.1 Å². The highest BCUT2D eigenvalue weighted by Gasteiger charge is 2.11. The predicted octanol–water partition coefficient (Wildman–Crippen LogP) is 2.95. The van der Waals surface area contributed by atoms with Crippen molar-refractivity contribution in [2.75, 3.05) is 11.1 Å². The number of nitrogens with zero attached hydrogens (tertiary/aromatic N) is 2. The lowest BCUT2D eigenvalue weighted by molar-refractivity contribution is 0.603. The number of aromatic nitrogens is 2. The highest BCUT2D eigenvalue weighted by molar-refractivity contribution is 5.64. The third kappa shape index (κ3) is 2.78. The number of hydrogen-bond donors (Lipinski definition) is 2. The first kappa shape index (κ1) is 13.2. The molecule has 0 radical (unpaired) electrons. The average molecular weight is 264 g/mol. The van der Waals surface area contributed by atoms with Crippen LogP contribution in [0.4, 0.5) is 26.1 Å². The molecule has 0 amide bonds. The Morgan fingerprint density at radius 3 is 2.68 bits per heavy atom. The Bertz CT molecular complexity index is 614. The number of aryl methyl sites for hydroxylation is 1. The van der Waals surface area contributed by atoms with Gasteiger partial charge in [-0.1, -0.05) is 6.92 Å². The smallest absolute Gasteiger partial charge is 0.146 e. The second kappa shape index (κ2) is 5.17. The van der Waals surface area contributed by atoms with Crippen LogP contribution in [0.3, 0.4) is 0 Å². The van der Waals surface area contributed by atoms with Crippen LogP contribution in [0, 0.1) is 18.6 Å². The van der Waals surface area contributed by atoms with Crippen molar-refractivity contribution >= 4 is 17.3 Å². The molecule has 0 bridgehead atoms. The molecule has 0 aliphatic rings. The maximum absolute atomic E-state index is 13.6. The number of hydrogen-bond acceptors (Lipinski definition) is 4. The first-order chi connectivity index (χ1) is 9.01. The van der Waals surface area contributed by atoms with Crippen molar-refractivity contribution in [2.45, 2.75) is 20.3 Å². The van der Waals surface area contributed by atoms with Gasteiger partial charge >= 0.3 is 0 Å². The fourth-order valence-corrected chi connectivity index (χ4v) is 1.58. The largest absolute Gasteiger partial charge is 0.383 e. The molecule has 0 unspecified atom stereocenters. The molecular formula is C13H14F2N4. The molecule has 6 heteroatoms. The number of nitrogen functional groups attached to an aromatic ring is 1. The van der Waals surface area contributed by atoms with E-state index in [1.165, 1.54) is 0 Å². The molecule has 0 spiro atoms. The molecule has 4 nitrogen and oxygen atoms in total. The van der Waals surface area contributed by atoms with E-state index in [2.05, 4.69) is 15.3 Å². The number of halogens is 2. The SMILES string of the molecule is CCc1nc(N)c(C)c(Nc2cc(F)ccc2F)n1. The topological polar surface area (TPSA) is 63.8 Å². The Hall–Kier alpha value is -2.24. The predicted molar refractivity (Wildman–Crippen MR) is 70.2 cm³/mol. The van der Waals surface area contributed by atoms with Crippen LogP contribution in [0.1, 0.15) is 18.3 Å². The summed E-state index contributed by atoms with van der Waals surface area (Å²) in [5, 5.41) is 2.75. The molecule has 1 heterocycles. The van der Waals surface area contributed by atoms with E-state index in [9.17, 15) is 8.78 Å². The van der Waals surface area contributed by atoms with Crippen LogP contribution in [-0.4, -0.2) is 9.97 Å². The fourth-order valence-electron chi connectivity index (χ4n) is 1.58. The van der Waals surface area contributed by atoms with Crippen molar-refractivity contribution in [1.29, 1.82) is 0 Å². The van der Waals surface area contributed by atoms with Gasteiger partial charge in [-0.15, -0.1) is 0 Å². The molecule has 0 aliphatic carbocycles. The van der Waals surface area contributed by atoms with E-state index in [-0.39, 0.29) is 5.69 Å². The van der Waals surface area contributed by atoms with E-state index >= 15 is 0 Å². The monoisotopic (exact) mass is 264 g/mol. The minimum absolute atomic E-state index is 0.0169. The van der Waals surface area contributed by atoms with Gasteiger partial charge in [0.15, 0.2) is 0 Å². The van der Waals surface area contributed by atoms with Gasteiger partial charge in [0.2, 0.25) is 0 Å². The molecule has 0 fully saturated rings. The van der Waals surface area contributed by atoms with Crippen molar-refractivity contribution in [1.82, 2.24) is 9.97 Å². The minimum Gasteiger partial charge on any atom is -0.383 e. The van der Waals surface area contributed by atoms with Crippen LogP contribution in [0.15, 0.2) is 18.2 Å². The highest BCUT2D eigenvalue weighted by atomic mass is 19.1. The van der Waals surface area contributed by atoms with Crippen molar-refractivity contribution in [2.24, 2.45) is 0 Å². The quantitative estimate of drug-likeness (QED) is 0.894. The van der Waals surface area contributed by atoms with Crippen molar-refractivity contribution in [3.05, 3.63) is 41.2 Å². The van der Waals surface area contributed by atoms with Crippen LogP contribution in [0.2, 0.25) is 0 Å². The third-order valence-corrected chi connectivity index (χ3v) is 2.73. The second-order valence-electron chi connectivity index (χ2n) is 4.10. The Labute approximate surface area is 109 Å². The van der Waals surface area contributed by atoms with E-state index in [4.69, 9.17) is 5.73 Å². The second-order valence-corrected chi connectivity index (χ2v) is 4.10. The Balaban J connectivity index is 2.42. The Kier molecular flexibility index (Phi) is 3.59. The molecule has 1 aromatic carbocycles. The summed E-state index contributed by atoms with van der Waals surface area (Å²) >= 11 is 0. The molecule has 0 atom stereocenters. The van der Waals surface area contributed by atoms with Gasteiger partial charge in [0.05, 0.1) is 5.69 Å². The number of nitrogens with two attached hydrogens (primary N) is 1. The molecule has 3 N–H and O–H groups in total. The molecule has 0 aliphatic heterocycles. The normalized spacial score (nSPS) is 10.5. The van der Waals surface area contributed by atoms with Gasteiger partial charge in [0.1, 0.15) is 29.1 Å². The molecule has 2 aromatic rings. The third-order valence-electron chi connectivity index (χ3n) is 2.73. The van der Waals surface area contributed by atoms with E-state index in [1.54, 1.807) is 6.92 Å². The first-order valence-corrected chi connectivity index (χ1v) is 5.86. The van der Waals surface area contributed by atoms with E-state index in [0.29, 0.717) is 29.4 Å². The zero-order valence-corrected chi connectivity index (χ0v) is 10.7. The van der Waals surface area contributed by atoms with E-state index in [1.807, 2.05) is 6.92 Å². The molecule has 0 saturated carbocycles. The highest BCUT2D eigenvalue weighted by Crippen LogP contribution is 2.24. The average Bonchev–Trinajstić information content (AvgIpc) is 2.38. The van der Waals surface area contributed by atoms with Gasteiger partial charge < -0.3 is 11.1 Å². The summed E-state index contributed by atoms with van der Waals surface area (Å²) < 4.78 is 26.7. The minimum atomic E-state index is -0.559. The lowest BCUT2D eigenvalue weighted by Gasteiger charge is -2.12. The van der Waals surface area contributed by atoms with Crippen LogP contribution >= 0.6 is 0 Å². The fraction of sp³-hybridized carbons (Fsp3) is 0.231. The molecule has 2 rings (SSSR count). The van der Waals surface area contributed by atoms with Crippen LogP contribution in [-0.2, 0) is 6.42 Å². The number of rotatable bonds is 3. The Morgan fingerprint density at radius 1 is 1.26 bits per heavy atom. The summed E-state index contributed by atoms with van der Waals surface area (Å²) in [7, 11) is 0. The molecule has 1 aromatic heterocycles. The molecule has 19 heavy (non-hydrogen) atoms. The summed E-state index contributed by atoms with van der Waals surface area (Å²) in [4.78, 5) is 8.32. The van der Waals surface area contributed by atoms with Gasteiger partial charge in [-0.05, 0) is 19.1 Å². The van der Waals surface area contributed by atoms with E-state index < -0.39 is 11.6 Å². The maximum Gasteiger partial charge on any atom is 0.146 e. The molecular weight excluding hydrogens is 250 g/mol. The summed E-state index contributed by atoms with van der Waals surface area (Å²) in [6.07, 6.45) is 0.602. The first-order valence-electron chi connectivity index (χ1n) is 5.86.